The summed E-state index contributed by atoms with van der Waals surface area (Å²) in [5.41, 5.74) is 2.36. The molecule has 0 heterocycles. The van der Waals surface area contributed by atoms with Crippen molar-refractivity contribution in [3.63, 3.8) is 0 Å². The number of halogens is 1. The van der Waals surface area contributed by atoms with Crippen molar-refractivity contribution in [3.8, 4) is 0 Å². The fraction of sp³-hybridized carbons (Fsp3) is 0.538. The fourth-order valence-corrected chi connectivity index (χ4v) is 3.35. The Morgan fingerprint density at radius 3 is 2.61 bits per heavy atom. The number of benzene rings is 1. The first-order chi connectivity index (χ1) is 8.44. The number of alkyl halides is 1. The molecular formula is C13H20ClNO2S. The minimum atomic E-state index is -3.21. The number of sulfonamides is 1. The number of aryl methyl sites for hydroxylation is 1. The van der Waals surface area contributed by atoms with Crippen molar-refractivity contribution in [2.75, 3.05) is 18.2 Å². The molecule has 1 rings (SSSR count). The van der Waals surface area contributed by atoms with Gasteiger partial charge in [-0.05, 0) is 30.4 Å². The van der Waals surface area contributed by atoms with E-state index in [4.69, 9.17) is 11.6 Å². The van der Waals surface area contributed by atoms with Crippen LogP contribution in [0.3, 0.4) is 0 Å². The second-order valence-electron chi connectivity index (χ2n) is 4.61. The summed E-state index contributed by atoms with van der Waals surface area (Å²) in [4.78, 5) is 0. The van der Waals surface area contributed by atoms with E-state index in [1.807, 2.05) is 38.1 Å². The molecular weight excluding hydrogens is 270 g/mol. The molecule has 0 saturated carbocycles. The number of hydrogen-bond acceptors (Lipinski definition) is 2. The lowest BCUT2D eigenvalue weighted by Gasteiger charge is -2.10. The Hall–Kier alpha value is -0.580. The highest BCUT2D eigenvalue weighted by molar-refractivity contribution is 7.89. The van der Waals surface area contributed by atoms with Crippen LogP contribution >= 0.6 is 11.6 Å². The van der Waals surface area contributed by atoms with E-state index in [0.717, 1.165) is 0 Å². The molecule has 1 N–H and O–H groups in total. The maximum absolute atomic E-state index is 11.7. The molecule has 1 unspecified atom stereocenters. The number of hydrogen-bond donors (Lipinski definition) is 1. The summed E-state index contributed by atoms with van der Waals surface area (Å²) in [5, 5.41) is 0. The van der Waals surface area contributed by atoms with E-state index in [1.54, 1.807) is 0 Å². The fourth-order valence-electron chi connectivity index (χ4n) is 1.71. The topological polar surface area (TPSA) is 46.2 Å². The van der Waals surface area contributed by atoms with Crippen molar-refractivity contribution in [3.05, 3.63) is 35.4 Å². The smallest absolute Gasteiger partial charge is 0.211 e. The van der Waals surface area contributed by atoms with Crippen LogP contribution in [0.4, 0.5) is 0 Å². The van der Waals surface area contributed by atoms with Gasteiger partial charge in [0, 0.05) is 12.4 Å². The van der Waals surface area contributed by atoms with E-state index in [9.17, 15) is 8.42 Å². The molecule has 0 aliphatic rings. The number of rotatable bonds is 7. The van der Waals surface area contributed by atoms with E-state index >= 15 is 0 Å². The SMILES string of the molecule is Cc1ccccc1CCNS(=O)(=O)CC(C)CCl. The van der Waals surface area contributed by atoms with Gasteiger partial charge in [0.15, 0.2) is 0 Å². The predicted molar refractivity (Wildman–Crippen MR) is 76.6 cm³/mol. The summed E-state index contributed by atoms with van der Waals surface area (Å²) in [7, 11) is -3.21. The van der Waals surface area contributed by atoms with Gasteiger partial charge in [-0.2, -0.15) is 0 Å². The van der Waals surface area contributed by atoms with Crippen LogP contribution in [0.15, 0.2) is 24.3 Å². The quantitative estimate of drug-likeness (QED) is 0.783. The normalized spacial score (nSPS) is 13.5. The molecule has 0 aliphatic carbocycles. The lowest BCUT2D eigenvalue weighted by Crippen LogP contribution is -2.31. The molecule has 102 valence electrons. The average molecular weight is 290 g/mol. The van der Waals surface area contributed by atoms with Gasteiger partial charge in [-0.15, -0.1) is 11.6 Å². The van der Waals surface area contributed by atoms with Gasteiger partial charge in [-0.25, -0.2) is 13.1 Å². The summed E-state index contributed by atoms with van der Waals surface area (Å²) in [5.74, 6) is 0.422. The number of nitrogens with one attached hydrogen (secondary N) is 1. The van der Waals surface area contributed by atoms with Gasteiger partial charge in [0.2, 0.25) is 10.0 Å². The van der Waals surface area contributed by atoms with Crippen LogP contribution in [0.5, 0.6) is 0 Å². The highest BCUT2D eigenvalue weighted by atomic mass is 35.5. The summed E-state index contributed by atoms with van der Waals surface area (Å²) < 4.78 is 26.0. The Bertz CT molecular complexity index is 474. The Kier molecular flexibility index (Phi) is 6.12. The molecule has 3 nitrogen and oxygen atoms in total. The Morgan fingerprint density at radius 1 is 1.33 bits per heavy atom. The molecule has 1 aromatic rings. The average Bonchev–Trinajstić information content (AvgIpc) is 2.30. The molecule has 0 saturated heterocycles. The van der Waals surface area contributed by atoms with Gasteiger partial charge >= 0.3 is 0 Å². The Balaban J connectivity index is 2.44. The second-order valence-corrected chi connectivity index (χ2v) is 6.77. The van der Waals surface area contributed by atoms with Gasteiger partial charge in [0.1, 0.15) is 0 Å². The van der Waals surface area contributed by atoms with Crippen molar-refractivity contribution in [2.45, 2.75) is 20.3 Å². The van der Waals surface area contributed by atoms with Crippen molar-refractivity contribution >= 4 is 21.6 Å². The van der Waals surface area contributed by atoms with Gasteiger partial charge in [0.05, 0.1) is 5.75 Å². The van der Waals surface area contributed by atoms with Crippen molar-refractivity contribution < 1.29 is 8.42 Å². The standard InChI is InChI=1S/C13H20ClNO2S/c1-11(9-14)10-18(16,17)15-8-7-13-6-4-3-5-12(13)2/h3-6,11,15H,7-10H2,1-2H3. The van der Waals surface area contributed by atoms with E-state index in [1.165, 1.54) is 11.1 Å². The van der Waals surface area contributed by atoms with Crippen molar-refractivity contribution in [1.29, 1.82) is 0 Å². The monoisotopic (exact) mass is 289 g/mol. The summed E-state index contributed by atoms with van der Waals surface area (Å²) in [6, 6.07) is 7.99. The lowest BCUT2D eigenvalue weighted by molar-refractivity contribution is 0.569. The molecule has 0 aliphatic heterocycles. The molecule has 0 radical (unpaired) electrons. The van der Waals surface area contributed by atoms with Gasteiger partial charge in [-0.3, -0.25) is 0 Å². The zero-order chi connectivity index (χ0) is 13.6. The third-order valence-corrected chi connectivity index (χ3v) is 4.92. The zero-order valence-corrected chi connectivity index (χ0v) is 12.4. The molecule has 5 heteroatoms. The summed E-state index contributed by atoms with van der Waals surface area (Å²) >= 11 is 5.62. The molecule has 1 aromatic carbocycles. The third-order valence-electron chi connectivity index (χ3n) is 2.74. The summed E-state index contributed by atoms with van der Waals surface area (Å²) in [6.07, 6.45) is 0.709. The van der Waals surface area contributed by atoms with Crippen LogP contribution in [-0.4, -0.2) is 26.6 Å². The van der Waals surface area contributed by atoms with E-state index in [-0.39, 0.29) is 11.7 Å². The maximum atomic E-state index is 11.7. The zero-order valence-electron chi connectivity index (χ0n) is 10.8. The Labute approximate surface area is 115 Å². The van der Waals surface area contributed by atoms with Crippen LogP contribution < -0.4 is 4.72 Å². The minimum Gasteiger partial charge on any atom is -0.215 e. The first-order valence-corrected chi connectivity index (χ1v) is 8.21. The molecule has 0 amide bonds. The van der Waals surface area contributed by atoms with E-state index < -0.39 is 10.0 Å². The summed E-state index contributed by atoms with van der Waals surface area (Å²) in [6.45, 7) is 4.29. The van der Waals surface area contributed by atoms with Gasteiger partial charge in [0.25, 0.3) is 0 Å². The van der Waals surface area contributed by atoms with E-state index in [0.29, 0.717) is 18.8 Å². The van der Waals surface area contributed by atoms with Gasteiger partial charge < -0.3 is 0 Å². The van der Waals surface area contributed by atoms with Crippen molar-refractivity contribution in [1.82, 2.24) is 4.72 Å². The first kappa shape index (κ1) is 15.5. The second kappa shape index (κ2) is 7.12. The van der Waals surface area contributed by atoms with Crippen LogP contribution in [0.1, 0.15) is 18.1 Å². The Morgan fingerprint density at radius 2 is 2.00 bits per heavy atom. The highest BCUT2D eigenvalue weighted by Crippen LogP contribution is 2.07. The molecule has 0 fully saturated rings. The van der Waals surface area contributed by atoms with Crippen molar-refractivity contribution in [2.24, 2.45) is 5.92 Å². The molecule has 0 bridgehead atoms. The predicted octanol–water partition coefficient (Wildman–Crippen LogP) is 2.33. The van der Waals surface area contributed by atoms with E-state index in [2.05, 4.69) is 4.72 Å². The van der Waals surface area contributed by atoms with Gasteiger partial charge in [-0.1, -0.05) is 31.2 Å². The minimum absolute atomic E-state index is 0.0253. The maximum Gasteiger partial charge on any atom is 0.211 e. The molecule has 18 heavy (non-hydrogen) atoms. The van der Waals surface area contributed by atoms with Crippen LogP contribution in [0.25, 0.3) is 0 Å². The molecule has 0 spiro atoms. The largest absolute Gasteiger partial charge is 0.215 e. The lowest BCUT2D eigenvalue weighted by atomic mass is 10.1. The first-order valence-electron chi connectivity index (χ1n) is 6.02. The van der Waals surface area contributed by atoms with Crippen LogP contribution in [-0.2, 0) is 16.4 Å². The third kappa shape index (κ3) is 5.38. The van der Waals surface area contributed by atoms with Crippen LogP contribution in [0.2, 0.25) is 0 Å². The highest BCUT2D eigenvalue weighted by Gasteiger charge is 2.14. The van der Waals surface area contributed by atoms with Crippen LogP contribution in [0, 0.1) is 12.8 Å². The molecule has 0 aromatic heterocycles. The molecule has 1 atom stereocenters.